The molecule has 0 aliphatic heterocycles. The zero-order valence-corrected chi connectivity index (χ0v) is 20.9. The maximum Gasteiger partial charge on any atom is 0.0543 e. The summed E-state index contributed by atoms with van der Waals surface area (Å²) in [5.74, 6) is 9.50. The van der Waals surface area contributed by atoms with Gasteiger partial charge in [-0.05, 0) is 134 Å². The van der Waals surface area contributed by atoms with Crippen LogP contribution in [-0.4, -0.2) is 11.2 Å². The summed E-state index contributed by atoms with van der Waals surface area (Å²) in [7, 11) is 0. The molecular formula is C29H50O. The number of aliphatic hydroxyl groups is 1. The van der Waals surface area contributed by atoms with E-state index in [4.69, 9.17) is 0 Å². The highest BCUT2D eigenvalue weighted by atomic mass is 16.3. The van der Waals surface area contributed by atoms with Crippen LogP contribution in [0.15, 0.2) is 0 Å². The van der Waals surface area contributed by atoms with Gasteiger partial charge in [0.05, 0.1) is 6.10 Å². The second-order valence-corrected chi connectivity index (χ2v) is 13.9. The molecule has 1 nitrogen and oxygen atoms in total. The highest BCUT2D eigenvalue weighted by Crippen LogP contribution is 2.69. The summed E-state index contributed by atoms with van der Waals surface area (Å²) in [6.07, 6.45) is 13.8. The second-order valence-electron chi connectivity index (χ2n) is 13.9. The average molecular weight is 415 g/mol. The van der Waals surface area contributed by atoms with Gasteiger partial charge in [-0.3, -0.25) is 0 Å². The van der Waals surface area contributed by atoms with Gasteiger partial charge in [0.15, 0.2) is 0 Å². The van der Waals surface area contributed by atoms with Crippen molar-refractivity contribution in [2.45, 2.75) is 112 Å². The molecule has 5 aliphatic rings. The fourth-order valence-corrected chi connectivity index (χ4v) is 10.9. The van der Waals surface area contributed by atoms with Crippen molar-refractivity contribution >= 4 is 0 Å². The molecule has 1 N–H and O–H groups in total. The topological polar surface area (TPSA) is 20.2 Å². The summed E-state index contributed by atoms with van der Waals surface area (Å²) < 4.78 is 0. The molecule has 0 aromatic rings. The minimum absolute atomic E-state index is 0.00956. The molecule has 0 bridgehead atoms. The van der Waals surface area contributed by atoms with Gasteiger partial charge >= 0.3 is 0 Å². The van der Waals surface area contributed by atoms with Crippen molar-refractivity contribution in [3.8, 4) is 0 Å². The number of fused-ring (bicyclic) bond motifs is 5. The first kappa shape index (κ1) is 21.8. The summed E-state index contributed by atoms with van der Waals surface area (Å²) in [6, 6.07) is 0. The van der Waals surface area contributed by atoms with Crippen molar-refractivity contribution in [2.75, 3.05) is 0 Å². The van der Waals surface area contributed by atoms with E-state index < -0.39 is 0 Å². The van der Waals surface area contributed by atoms with E-state index in [9.17, 15) is 5.11 Å². The van der Waals surface area contributed by atoms with Crippen LogP contribution in [0.3, 0.4) is 0 Å². The van der Waals surface area contributed by atoms with E-state index in [1.165, 1.54) is 51.4 Å². The normalized spacial score (nSPS) is 56.2. The molecule has 0 radical (unpaired) electrons. The molecule has 0 aromatic heterocycles. The Morgan fingerprint density at radius 1 is 0.867 bits per heavy atom. The second kappa shape index (κ2) is 7.50. The Labute approximate surface area is 187 Å². The third-order valence-corrected chi connectivity index (χ3v) is 12.4. The van der Waals surface area contributed by atoms with Crippen molar-refractivity contribution in [3.05, 3.63) is 0 Å². The van der Waals surface area contributed by atoms with E-state index in [1.807, 2.05) is 0 Å². The molecule has 0 saturated heterocycles. The summed E-state index contributed by atoms with van der Waals surface area (Å²) in [4.78, 5) is 0. The van der Waals surface area contributed by atoms with Crippen LogP contribution < -0.4 is 0 Å². The summed E-state index contributed by atoms with van der Waals surface area (Å²) >= 11 is 0. The highest BCUT2D eigenvalue weighted by molar-refractivity contribution is 5.10. The van der Waals surface area contributed by atoms with Gasteiger partial charge < -0.3 is 5.11 Å². The van der Waals surface area contributed by atoms with Crippen LogP contribution in [0.25, 0.3) is 0 Å². The third kappa shape index (κ3) is 3.18. The van der Waals surface area contributed by atoms with Crippen LogP contribution in [0.5, 0.6) is 0 Å². The molecule has 5 rings (SSSR count). The molecule has 172 valence electrons. The fourth-order valence-electron chi connectivity index (χ4n) is 10.9. The van der Waals surface area contributed by atoms with Gasteiger partial charge in [0, 0.05) is 0 Å². The molecule has 5 saturated carbocycles. The number of rotatable bonds is 4. The van der Waals surface area contributed by atoms with Gasteiger partial charge in [-0.1, -0.05) is 41.5 Å². The molecule has 30 heavy (non-hydrogen) atoms. The van der Waals surface area contributed by atoms with Gasteiger partial charge in [-0.2, -0.15) is 0 Å². The van der Waals surface area contributed by atoms with Crippen LogP contribution in [0.4, 0.5) is 0 Å². The molecule has 5 fully saturated rings. The van der Waals surface area contributed by atoms with Crippen LogP contribution >= 0.6 is 0 Å². The number of hydrogen-bond donors (Lipinski definition) is 1. The standard InChI is InChI=1S/C29H50O/c1-17(2)27-19(4)23(27)15-18(3)24-9-10-25-22-8-7-20-16-21(30)11-13-28(20,5)26(22)12-14-29(24,25)6/h17-27,30H,7-16H2,1-6H3. The lowest BCUT2D eigenvalue weighted by Gasteiger charge is -2.61. The Hall–Kier alpha value is -0.0400. The third-order valence-electron chi connectivity index (χ3n) is 12.4. The molecule has 12 atom stereocenters. The quantitative estimate of drug-likeness (QED) is 0.503. The van der Waals surface area contributed by atoms with E-state index in [-0.39, 0.29) is 6.10 Å². The predicted octanol–water partition coefficient (Wildman–Crippen LogP) is 7.57. The zero-order chi connectivity index (χ0) is 21.4. The summed E-state index contributed by atoms with van der Waals surface area (Å²) in [5.41, 5.74) is 1.14. The van der Waals surface area contributed by atoms with Gasteiger partial charge in [0.25, 0.3) is 0 Å². The minimum Gasteiger partial charge on any atom is -0.393 e. The Bertz CT molecular complexity index is 640. The molecule has 0 spiro atoms. The van der Waals surface area contributed by atoms with E-state index in [0.717, 1.165) is 72.0 Å². The van der Waals surface area contributed by atoms with Crippen molar-refractivity contribution in [1.29, 1.82) is 0 Å². The van der Waals surface area contributed by atoms with Crippen LogP contribution in [0.2, 0.25) is 0 Å². The van der Waals surface area contributed by atoms with Crippen LogP contribution in [0.1, 0.15) is 106 Å². The molecule has 1 heteroatoms. The Morgan fingerprint density at radius 3 is 2.27 bits per heavy atom. The molecule has 12 unspecified atom stereocenters. The Balaban J connectivity index is 1.30. The van der Waals surface area contributed by atoms with E-state index in [1.54, 1.807) is 0 Å². The maximum atomic E-state index is 10.3. The predicted molar refractivity (Wildman–Crippen MR) is 126 cm³/mol. The lowest BCUT2D eigenvalue weighted by Crippen LogP contribution is -2.54. The first-order valence-corrected chi connectivity index (χ1v) is 13.8. The molecule has 0 heterocycles. The van der Waals surface area contributed by atoms with Gasteiger partial charge in [0.1, 0.15) is 0 Å². The molecule has 0 amide bonds. The largest absolute Gasteiger partial charge is 0.393 e. The molecule has 0 aromatic carbocycles. The average Bonchev–Trinajstić information content (AvgIpc) is 3.17. The maximum absolute atomic E-state index is 10.3. The van der Waals surface area contributed by atoms with Gasteiger partial charge in [-0.15, -0.1) is 0 Å². The minimum atomic E-state index is -0.00956. The smallest absolute Gasteiger partial charge is 0.0543 e. The van der Waals surface area contributed by atoms with Gasteiger partial charge in [0.2, 0.25) is 0 Å². The van der Waals surface area contributed by atoms with E-state index in [2.05, 4.69) is 41.5 Å². The number of hydrogen-bond acceptors (Lipinski definition) is 1. The van der Waals surface area contributed by atoms with E-state index >= 15 is 0 Å². The lowest BCUT2D eigenvalue weighted by atomic mass is 9.44. The summed E-state index contributed by atoms with van der Waals surface area (Å²) in [6.45, 7) is 15.4. The first-order valence-electron chi connectivity index (χ1n) is 13.8. The van der Waals surface area contributed by atoms with E-state index in [0.29, 0.717) is 10.8 Å². The lowest BCUT2D eigenvalue weighted by molar-refractivity contribution is -0.129. The number of aliphatic hydroxyl groups excluding tert-OH is 1. The van der Waals surface area contributed by atoms with Crippen molar-refractivity contribution in [1.82, 2.24) is 0 Å². The zero-order valence-electron chi connectivity index (χ0n) is 20.9. The van der Waals surface area contributed by atoms with Crippen molar-refractivity contribution in [3.63, 3.8) is 0 Å². The van der Waals surface area contributed by atoms with Crippen LogP contribution in [-0.2, 0) is 0 Å². The molecular weight excluding hydrogens is 364 g/mol. The highest BCUT2D eigenvalue weighted by Gasteiger charge is 2.61. The van der Waals surface area contributed by atoms with Crippen LogP contribution in [0, 0.1) is 70.0 Å². The fraction of sp³-hybridized carbons (Fsp3) is 1.00. The molecule has 5 aliphatic carbocycles. The van der Waals surface area contributed by atoms with Crippen molar-refractivity contribution in [2.24, 2.45) is 70.0 Å². The van der Waals surface area contributed by atoms with Crippen molar-refractivity contribution < 1.29 is 5.11 Å². The summed E-state index contributed by atoms with van der Waals surface area (Å²) in [5, 5.41) is 10.3. The van der Waals surface area contributed by atoms with Gasteiger partial charge in [-0.25, -0.2) is 0 Å². The first-order chi connectivity index (χ1) is 14.2. The monoisotopic (exact) mass is 414 g/mol. The Morgan fingerprint density at radius 2 is 1.57 bits per heavy atom. The SMILES string of the molecule is CC(C)C1C(C)C1CC(C)C1CCC2C3CCC4CC(O)CCC4(C)C3CCC12C. The Kier molecular flexibility index (Phi) is 5.44.